The number of benzene rings is 1. The quantitative estimate of drug-likeness (QED) is 0.902. The van der Waals surface area contributed by atoms with Crippen molar-refractivity contribution < 1.29 is 27.8 Å². The lowest BCUT2D eigenvalue weighted by atomic mass is 9.83. The Balaban J connectivity index is 2.80. The Labute approximate surface area is 113 Å². The molecule has 6 heteroatoms. The highest BCUT2D eigenvalue weighted by atomic mass is 19.4. The van der Waals surface area contributed by atoms with Crippen LogP contribution in [0.1, 0.15) is 25.8 Å². The first-order valence-electron chi connectivity index (χ1n) is 6.04. The molecule has 2 rings (SSSR count). The average Bonchev–Trinajstić information content (AvgIpc) is 2.35. The van der Waals surface area contributed by atoms with Gasteiger partial charge in [0.25, 0.3) is 0 Å². The maximum absolute atomic E-state index is 13.3. The van der Waals surface area contributed by atoms with Crippen LogP contribution in [-0.2, 0) is 4.79 Å². The van der Waals surface area contributed by atoms with Gasteiger partial charge in [-0.25, -0.2) is 4.79 Å². The number of hydrogen-bond donors (Lipinski definition) is 1. The van der Waals surface area contributed by atoms with E-state index in [1.165, 1.54) is 6.07 Å². The lowest BCUT2D eigenvalue weighted by Crippen LogP contribution is -2.53. The summed E-state index contributed by atoms with van der Waals surface area (Å²) in [6, 6.07) is 6.16. The third-order valence-electron chi connectivity index (χ3n) is 3.41. The second-order valence-corrected chi connectivity index (χ2v) is 4.64. The molecule has 20 heavy (non-hydrogen) atoms. The van der Waals surface area contributed by atoms with Crippen LogP contribution in [0.3, 0.4) is 0 Å². The molecule has 0 amide bonds. The minimum Gasteiger partial charge on any atom is -0.478 e. The fourth-order valence-electron chi connectivity index (χ4n) is 2.40. The molecule has 0 aliphatic carbocycles. The summed E-state index contributed by atoms with van der Waals surface area (Å²) in [6.45, 7) is 2.37. The van der Waals surface area contributed by atoms with Crippen molar-refractivity contribution in [3.63, 3.8) is 0 Å². The zero-order valence-electron chi connectivity index (χ0n) is 10.9. The lowest BCUT2D eigenvalue weighted by Gasteiger charge is -2.38. The first-order valence-corrected chi connectivity index (χ1v) is 6.04. The zero-order chi connectivity index (χ0) is 15.1. The lowest BCUT2D eigenvalue weighted by molar-refractivity contribution is -0.229. The number of rotatable bonds is 2. The highest BCUT2D eigenvalue weighted by molar-refractivity contribution is 6.00. The van der Waals surface area contributed by atoms with E-state index in [0.717, 1.165) is 6.92 Å². The molecule has 1 aromatic carbocycles. The van der Waals surface area contributed by atoms with Crippen molar-refractivity contribution in [1.29, 1.82) is 0 Å². The van der Waals surface area contributed by atoms with Crippen molar-refractivity contribution in [2.24, 2.45) is 0 Å². The third kappa shape index (κ3) is 1.95. The molecule has 1 atom stereocenters. The van der Waals surface area contributed by atoms with E-state index >= 15 is 0 Å². The molecule has 108 valence electrons. The van der Waals surface area contributed by atoms with Gasteiger partial charge in [0, 0.05) is 5.56 Å². The van der Waals surface area contributed by atoms with E-state index in [-0.39, 0.29) is 17.7 Å². The zero-order valence-corrected chi connectivity index (χ0v) is 10.9. The summed E-state index contributed by atoms with van der Waals surface area (Å²) in [7, 11) is 0. The molecular formula is C14H13F3O3. The smallest absolute Gasteiger partial charge is 0.432 e. The minimum atomic E-state index is -4.82. The number of fused-ring (bicyclic) bond motifs is 1. The molecule has 0 radical (unpaired) electrons. The number of carboxylic acids is 1. The molecule has 1 aliphatic rings. The van der Waals surface area contributed by atoms with E-state index in [9.17, 15) is 23.1 Å². The first kappa shape index (κ1) is 14.4. The minimum absolute atomic E-state index is 0.0502. The van der Waals surface area contributed by atoms with Crippen molar-refractivity contribution >= 4 is 11.5 Å². The maximum atomic E-state index is 13.3. The summed E-state index contributed by atoms with van der Waals surface area (Å²) in [5.74, 6) is -1.56. The number of carboxylic acid groups (broad SMARTS) is 1. The van der Waals surface area contributed by atoms with E-state index in [1.807, 2.05) is 0 Å². The van der Waals surface area contributed by atoms with Gasteiger partial charge in [0.05, 0.1) is 5.57 Å². The highest BCUT2D eigenvalue weighted by Gasteiger charge is 2.60. The molecule has 0 bridgehead atoms. The summed E-state index contributed by atoms with van der Waals surface area (Å²) in [5, 5.41) is 9.23. The Morgan fingerprint density at radius 3 is 2.45 bits per heavy atom. The molecule has 1 aliphatic heterocycles. The molecule has 0 saturated carbocycles. The van der Waals surface area contributed by atoms with Crippen molar-refractivity contribution in [2.45, 2.75) is 32.0 Å². The summed E-state index contributed by atoms with van der Waals surface area (Å²) >= 11 is 0. The number of aliphatic carboxylic acids is 1. The van der Waals surface area contributed by atoms with Gasteiger partial charge in [-0.2, -0.15) is 13.2 Å². The fourth-order valence-corrected chi connectivity index (χ4v) is 2.40. The van der Waals surface area contributed by atoms with Crippen LogP contribution in [0.5, 0.6) is 5.75 Å². The van der Waals surface area contributed by atoms with Crippen LogP contribution in [0.2, 0.25) is 0 Å². The number of para-hydroxylation sites is 1. The second-order valence-electron chi connectivity index (χ2n) is 4.64. The van der Waals surface area contributed by atoms with Crippen LogP contribution in [-0.4, -0.2) is 22.9 Å². The van der Waals surface area contributed by atoms with Gasteiger partial charge in [-0.3, -0.25) is 0 Å². The fraction of sp³-hybridized carbons (Fsp3) is 0.357. The largest absolute Gasteiger partial charge is 0.478 e. The normalized spacial score (nSPS) is 22.2. The molecule has 1 N–H and O–H groups in total. The Hall–Kier alpha value is -1.98. The number of halogens is 3. The van der Waals surface area contributed by atoms with Crippen molar-refractivity contribution in [3.8, 4) is 5.75 Å². The number of carbonyl (C=O) groups is 1. The molecule has 3 nitrogen and oxygen atoms in total. The number of hydrogen-bond acceptors (Lipinski definition) is 2. The first-order chi connectivity index (χ1) is 9.22. The second kappa shape index (κ2) is 4.54. The Bertz CT molecular complexity index is 590. The SMILES string of the molecule is CCC1=C(C(=O)O)C(C)(C(F)(F)F)Oc2ccccc21. The van der Waals surface area contributed by atoms with E-state index in [0.29, 0.717) is 5.56 Å². The van der Waals surface area contributed by atoms with Gasteiger partial charge in [-0.05, 0) is 25.0 Å². The van der Waals surface area contributed by atoms with E-state index < -0.39 is 23.3 Å². The topological polar surface area (TPSA) is 46.5 Å². The molecule has 0 fully saturated rings. The van der Waals surface area contributed by atoms with Crippen molar-refractivity contribution in [3.05, 3.63) is 35.4 Å². The van der Waals surface area contributed by atoms with Gasteiger partial charge in [-0.15, -0.1) is 0 Å². The van der Waals surface area contributed by atoms with Gasteiger partial charge >= 0.3 is 12.1 Å². The molecular weight excluding hydrogens is 273 g/mol. The highest BCUT2D eigenvalue weighted by Crippen LogP contribution is 2.48. The van der Waals surface area contributed by atoms with Gasteiger partial charge in [0.2, 0.25) is 5.60 Å². The maximum Gasteiger partial charge on any atom is 0.432 e. The summed E-state index contributed by atoms with van der Waals surface area (Å²) < 4.78 is 45.0. The molecule has 1 unspecified atom stereocenters. The molecule has 0 spiro atoms. The monoisotopic (exact) mass is 286 g/mol. The Morgan fingerprint density at radius 2 is 1.95 bits per heavy atom. The van der Waals surface area contributed by atoms with Gasteiger partial charge in [0.1, 0.15) is 5.75 Å². The molecule has 0 saturated heterocycles. The van der Waals surface area contributed by atoms with Crippen molar-refractivity contribution in [1.82, 2.24) is 0 Å². The molecule has 1 heterocycles. The summed E-state index contributed by atoms with van der Waals surface area (Å²) in [4.78, 5) is 11.4. The summed E-state index contributed by atoms with van der Waals surface area (Å²) in [5.41, 5.74) is -3.04. The number of ether oxygens (including phenoxy) is 1. The van der Waals surface area contributed by atoms with Crippen LogP contribution in [0, 0.1) is 0 Å². The van der Waals surface area contributed by atoms with Crippen molar-refractivity contribution in [2.75, 3.05) is 0 Å². The van der Waals surface area contributed by atoms with E-state index in [1.54, 1.807) is 25.1 Å². The van der Waals surface area contributed by atoms with Gasteiger partial charge in [-0.1, -0.05) is 25.1 Å². The summed E-state index contributed by atoms with van der Waals surface area (Å²) in [6.07, 6.45) is -4.65. The van der Waals surface area contributed by atoms with Crippen LogP contribution in [0.25, 0.3) is 5.57 Å². The Kier molecular flexibility index (Phi) is 3.28. The predicted octanol–water partition coefficient (Wildman–Crippen LogP) is 3.65. The van der Waals surface area contributed by atoms with Gasteiger partial charge < -0.3 is 9.84 Å². The predicted molar refractivity (Wildman–Crippen MR) is 66.4 cm³/mol. The van der Waals surface area contributed by atoms with Crippen LogP contribution in [0.15, 0.2) is 29.8 Å². The number of allylic oxidation sites excluding steroid dienone is 1. The van der Waals surface area contributed by atoms with Crippen LogP contribution in [0.4, 0.5) is 13.2 Å². The van der Waals surface area contributed by atoms with Crippen LogP contribution < -0.4 is 4.74 Å². The molecule has 0 aromatic heterocycles. The third-order valence-corrected chi connectivity index (χ3v) is 3.41. The number of alkyl halides is 3. The molecule has 1 aromatic rings. The van der Waals surface area contributed by atoms with E-state index in [2.05, 4.69) is 0 Å². The van der Waals surface area contributed by atoms with Crippen LogP contribution >= 0.6 is 0 Å². The Morgan fingerprint density at radius 1 is 1.35 bits per heavy atom. The average molecular weight is 286 g/mol. The van der Waals surface area contributed by atoms with Gasteiger partial charge in [0.15, 0.2) is 0 Å². The standard InChI is InChI=1S/C14H13F3O3/c1-3-8-9-6-4-5-7-10(9)20-13(2,14(15,16)17)11(8)12(18)19/h4-7H,3H2,1-2H3,(H,18,19). The van der Waals surface area contributed by atoms with E-state index in [4.69, 9.17) is 4.74 Å².